The Bertz CT molecular complexity index is 556. The van der Waals surface area contributed by atoms with Gasteiger partial charge in [-0.3, -0.25) is 9.48 Å². The third-order valence-electron chi connectivity index (χ3n) is 2.59. The molecule has 0 saturated carbocycles. The van der Waals surface area contributed by atoms with Crippen LogP contribution in [0.15, 0.2) is 22.2 Å². The average molecular weight is 328 g/mol. The van der Waals surface area contributed by atoms with Crippen LogP contribution in [0.5, 0.6) is 0 Å². The van der Waals surface area contributed by atoms with Crippen LogP contribution < -0.4 is 0 Å². The molecule has 0 saturated heterocycles. The van der Waals surface area contributed by atoms with Crippen molar-refractivity contribution in [2.24, 2.45) is 7.05 Å². The number of amides is 1. The van der Waals surface area contributed by atoms with Gasteiger partial charge in [-0.1, -0.05) is 0 Å². The lowest BCUT2D eigenvalue weighted by Crippen LogP contribution is -2.25. The number of aromatic nitrogens is 2. The molecule has 0 spiro atoms. The minimum atomic E-state index is 0.0395. The van der Waals surface area contributed by atoms with Gasteiger partial charge in [0.05, 0.1) is 14.9 Å². The Balaban J connectivity index is 2.09. The molecule has 96 valence electrons. The molecule has 2 rings (SSSR count). The highest BCUT2D eigenvalue weighted by molar-refractivity contribution is 9.11. The molecule has 0 aliphatic heterocycles. The van der Waals surface area contributed by atoms with E-state index in [1.54, 1.807) is 22.8 Å². The lowest BCUT2D eigenvalue weighted by molar-refractivity contribution is 0.0790. The third kappa shape index (κ3) is 2.81. The molecule has 0 radical (unpaired) electrons. The van der Waals surface area contributed by atoms with Crippen molar-refractivity contribution in [2.45, 2.75) is 13.5 Å². The maximum atomic E-state index is 12.2. The minimum Gasteiger partial charge on any atom is -0.337 e. The second-order valence-electron chi connectivity index (χ2n) is 4.25. The van der Waals surface area contributed by atoms with Crippen molar-refractivity contribution in [3.63, 3.8) is 0 Å². The summed E-state index contributed by atoms with van der Waals surface area (Å²) in [6.07, 6.45) is 3.69. The molecule has 0 unspecified atom stereocenters. The van der Waals surface area contributed by atoms with Crippen LogP contribution in [-0.4, -0.2) is 27.6 Å². The van der Waals surface area contributed by atoms with E-state index >= 15 is 0 Å². The molecule has 6 heteroatoms. The van der Waals surface area contributed by atoms with E-state index in [1.165, 1.54) is 11.3 Å². The number of nitrogens with zero attached hydrogens (tertiary/aromatic N) is 3. The quantitative estimate of drug-likeness (QED) is 0.869. The highest BCUT2D eigenvalue weighted by Crippen LogP contribution is 2.28. The molecular formula is C12H14BrN3OS. The fraction of sp³-hybridized carbons (Fsp3) is 0.333. The number of aryl methyl sites for hydroxylation is 2. The molecule has 0 fully saturated rings. The minimum absolute atomic E-state index is 0.0395. The van der Waals surface area contributed by atoms with E-state index < -0.39 is 0 Å². The number of hydrogen-bond donors (Lipinski definition) is 0. The van der Waals surface area contributed by atoms with Crippen LogP contribution in [0.25, 0.3) is 0 Å². The first-order chi connectivity index (χ1) is 8.47. The lowest BCUT2D eigenvalue weighted by Gasteiger charge is -2.14. The SMILES string of the molecule is Cc1cc(C(=O)N(C)Cc2cnn(C)c2)sc1Br. The zero-order chi connectivity index (χ0) is 13.3. The largest absolute Gasteiger partial charge is 0.337 e. The fourth-order valence-electron chi connectivity index (χ4n) is 1.65. The van der Waals surface area contributed by atoms with Crippen LogP contribution in [0, 0.1) is 6.92 Å². The molecule has 0 aromatic carbocycles. The maximum absolute atomic E-state index is 12.2. The molecule has 2 aromatic heterocycles. The first-order valence-electron chi connectivity index (χ1n) is 5.46. The van der Waals surface area contributed by atoms with Gasteiger partial charge in [0.2, 0.25) is 0 Å². The van der Waals surface area contributed by atoms with Crippen molar-refractivity contribution < 1.29 is 4.79 Å². The summed E-state index contributed by atoms with van der Waals surface area (Å²) < 4.78 is 2.75. The van der Waals surface area contributed by atoms with Crippen LogP contribution in [0.4, 0.5) is 0 Å². The Labute approximate surface area is 118 Å². The molecular weight excluding hydrogens is 314 g/mol. The van der Waals surface area contributed by atoms with E-state index in [4.69, 9.17) is 0 Å². The Morgan fingerprint density at radius 3 is 2.83 bits per heavy atom. The predicted molar refractivity (Wildman–Crippen MR) is 75.8 cm³/mol. The number of rotatable bonds is 3. The van der Waals surface area contributed by atoms with Crippen molar-refractivity contribution >= 4 is 33.2 Å². The summed E-state index contributed by atoms with van der Waals surface area (Å²) in [6, 6.07) is 1.91. The number of thiophene rings is 1. The van der Waals surface area contributed by atoms with Crippen molar-refractivity contribution in [1.82, 2.24) is 14.7 Å². The van der Waals surface area contributed by atoms with E-state index in [0.717, 1.165) is 19.8 Å². The molecule has 4 nitrogen and oxygen atoms in total. The van der Waals surface area contributed by atoms with Gasteiger partial charge in [0.15, 0.2) is 0 Å². The monoisotopic (exact) mass is 327 g/mol. The Hall–Kier alpha value is -1.14. The molecule has 0 N–H and O–H groups in total. The van der Waals surface area contributed by atoms with Crippen LogP contribution in [-0.2, 0) is 13.6 Å². The van der Waals surface area contributed by atoms with Gasteiger partial charge >= 0.3 is 0 Å². The predicted octanol–water partition coefficient (Wildman–Crippen LogP) is 2.82. The molecule has 0 atom stereocenters. The topological polar surface area (TPSA) is 38.1 Å². The van der Waals surface area contributed by atoms with Gasteiger partial charge in [-0.15, -0.1) is 11.3 Å². The molecule has 2 aromatic rings. The fourth-order valence-corrected chi connectivity index (χ4v) is 3.18. The maximum Gasteiger partial charge on any atom is 0.264 e. The van der Waals surface area contributed by atoms with Gasteiger partial charge < -0.3 is 4.90 Å². The van der Waals surface area contributed by atoms with Gasteiger partial charge in [-0.2, -0.15) is 5.10 Å². The first kappa shape index (κ1) is 13.3. The average Bonchev–Trinajstić information content (AvgIpc) is 2.85. The summed E-state index contributed by atoms with van der Waals surface area (Å²) in [6.45, 7) is 2.56. The molecule has 2 heterocycles. The Morgan fingerprint density at radius 2 is 2.33 bits per heavy atom. The summed E-state index contributed by atoms with van der Waals surface area (Å²) in [5.41, 5.74) is 2.12. The Morgan fingerprint density at radius 1 is 1.61 bits per heavy atom. The van der Waals surface area contributed by atoms with Gasteiger partial charge in [-0.25, -0.2) is 0 Å². The number of halogens is 1. The van der Waals surface area contributed by atoms with E-state index in [0.29, 0.717) is 6.54 Å². The molecule has 0 aliphatic rings. The van der Waals surface area contributed by atoms with Crippen LogP contribution in [0.1, 0.15) is 20.8 Å². The van der Waals surface area contributed by atoms with Crippen molar-refractivity contribution in [1.29, 1.82) is 0 Å². The van der Waals surface area contributed by atoms with Gasteiger partial charge in [0, 0.05) is 32.4 Å². The Kier molecular flexibility index (Phi) is 3.87. The standard InChI is InChI=1S/C12H14BrN3OS/c1-8-4-10(18-11(8)13)12(17)15(2)6-9-5-14-16(3)7-9/h4-5,7H,6H2,1-3H3. The first-order valence-corrected chi connectivity index (χ1v) is 7.07. The lowest BCUT2D eigenvalue weighted by atomic mass is 10.3. The number of carbonyl (C=O) groups is 1. The summed E-state index contributed by atoms with van der Waals surface area (Å²) >= 11 is 4.91. The third-order valence-corrected chi connectivity index (χ3v) is 4.72. The summed E-state index contributed by atoms with van der Waals surface area (Å²) in [4.78, 5) is 14.7. The van der Waals surface area contributed by atoms with Crippen LogP contribution >= 0.6 is 27.3 Å². The number of hydrogen-bond acceptors (Lipinski definition) is 3. The van der Waals surface area contributed by atoms with Gasteiger partial charge in [-0.05, 0) is 34.5 Å². The van der Waals surface area contributed by atoms with E-state index in [1.807, 2.05) is 26.2 Å². The van der Waals surface area contributed by atoms with Crippen molar-refractivity contribution in [3.8, 4) is 0 Å². The zero-order valence-corrected chi connectivity index (χ0v) is 12.9. The summed E-state index contributed by atoms with van der Waals surface area (Å²) in [7, 11) is 3.67. The van der Waals surface area contributed by atoms with E-state index in [2.05, 4.69) is 21.0 Å². The zero-order valence-electron chi connectivity index (χ0n) is 10.5. The van der Waals surface area contributed by atoms with Crippen LogP contribution in [0.3, 0.4) is 0 Å². The van der Waals surface area contributed by atoms with Crippen molar-refractivity contribution in [3.05, 3.63) is 38.3 Å². The summed E-state index contributed by atoms with van der Waals surface area (Å²) in [5, 5.41) is 4.09. The molecule has 1 amide bonds. The van der Waals surface area contributed by atoms with E-state index in [-0.39, 0.29) is 5.91 Å². The second kappa shape index (κ2) is 5.24. The van der Waals surface area contributed by atoms with Gasteiger partial charge in [0.25, 0.3) is 5.91 Å². The van der Waals surface area contributed by atoms with Gasteiger partial charge in [0.1, 0.15) is 0 Å². The van der Waals surface area contributed by atoms with E-state index in [9.17, 15) is 4.79 Å². The molecule has 18 heavy (non-hydrogen) atoms. The highest BCUT2D eigenvalue weighted by atomic mass is 79.9. The van der Waals surface area contributed by atoms with Crippen LogP contribution in [0.2, 0.25) is 0 Å². The molecule has 0 bridgehead atoms. The normalized spacial score (nSPS) is 10.7. The highest BCUT2D eigenvalue weighted by Gasteiger charge is 2.16. The second-order valence-corrected chi connectivity index (χ2v) is 6.62. The van der Waals surface area contributed by atoms with Crippen molar-refractivity contribution in [2.75, 3.05) is 7.05 Å². The molecule has 0 aliphatic carbocycles. The smallest absolute Gasteiger partial charge is 0.264 e. The number of carbonyl (C=O) groups excluding carboxylic acids is 1. The summed E-state index contributed by atoms with van der Waals surface area (Å²) in [5.74, 6) is 0.0395.